The molecule has 0 fully saturated rings. The molecule has 2 atom stereocenters. The maximum absolute atomic E-state index is 11.9. The molecule has 0 aliphatic carbocycles. The second kappa shape index (κ2) is 5.89. The van der Waals surface area contributed by atoms with Gasteiger partial charge in [-0.05, 0) is 5.56 Å². The lowest BCUT2D eigenvalue weighted by molar-refractivity contribution is -0.111. The number of rotatable bonds is 3. The Kier molecular flexibility index (Phi) is 5.04. The fourth-order valence-corrected chi connectivity index (χ4v) is 2.49. The van der Waals surface area contributed by atoms with Gasteiger partial charge in [0, 0.05) is 4.75 Å². The molecule has 4 heteroatoms. The van der Waals surface area contributed by atoms with Gasteiger partial charge in [-0.2, -0.15) is 0 Å². The Balaban J connectivity index is 2.70. The van der Waals surface area contributed by atoms with E-state index in [1.54, 1.807) is 0 Å². The van der Waals surface area contributed by atoms with Crippen molar-refractivity contribution in [1.82, 2.24) is 0 Å². The first-order chi connectivity index (χ1) is 7.81. The van der Waals surface area contributed by atoms with Crippen LogP contribution in [0.2, 0.25) is 0 Å². The van der Waals surface area contributed by atoms with Gasteiger partial charge in [0.05, 0.1) is 6.04 Å². The number of alkyl halides is 1. The van der Waals surface area contributed by atoms with Crippen LogP contribution in [0.3, 0.4) is 0 Å². The summed E-state index contributed by atoms with van der Waals surface area (Å²) < 4.78 is -0.138. The predicted molar refractivity (Wildman–Crippen MR) is 75.4 cm³/mol. The minimum Gasteiger partial charge on any atom is -0.322 e. The molecule has 17 heavy (non-hydrogen) atoms. The van der Waals surface area contributed by atoms with Crippen LogP contribution < -0.4 is 5.73 Å². The number of benzene rings is 1. The van der Waals surface area contributed by atoms with Crippen molar-refractivity contribution < 1.29 is 4.79 Å². The molecule has 2 nitrogen and oxygen atoms in total. The molecule has 2 N–H and O–H groups in total. The largest absolute Gasteiger partial charge is 0.322 e. The Morgan fingerprint density at radius 3 is 2.29 bits per heavy atom. The lowest BCUT2D eigenvalue weighted by Crippen LogP contribution is -2.29. The van der Waals surface area contributed by atoms with E-state index in [0.29, 0.717) is 0 Å². The number of hydrogen-bond donors (Lipinski definition) is 1. The Morgan fingerprint density at radius 2 is 1.82 bits per heavy atom. The van der Waals surface area contributed by atoms with E-state index in [9.17, 15) is 4.79 Å². The first-order valence-electron chi connectivity index (χ1n) is 5.49. The highest BCUT2D eigenvalue weighted by Gasteiger charge is 2.28. The summed E-state index contributed by atoms with van der Waals surface area (Å²) in [4.78, 5) is 11.9. The second-order valence-electron chi connectivity index (χ2n) is 4.87. The van der Waals surface area contributed by atoms with Crippen LogP contribution in [0.1, 0.15) is 32.4 Å². The van der Waals surface area contributed by atoms with Gasteiger partial charge in [0.1, 0.15) is 5.38 Å². The Hall–Kier alpha value is -0.510. The van der Waals surface area contributed by atoms with E-state index in [0.717, 1.165) is 5.56 Å². The zero-order valence-corrected chi connectivity index (χ0v) is 11.9. The third kappa shape index (κ3) is 4.70. The van der Waals surface area contributed by atoms with Crippen LogP contribution in [0.4, 0.5) is 0 Å². The van der Waals surface area contributed by atoms with Gasteiger partial charge in [0.25, 0.3) is 0 Å². The quantitative estimate of drug-likeness (QED) is 0.858. The second-order valence-corrected chi connectivity index (χ2v) is 7.17. The Labute approximate surface area is 112 Å². The van der Waals surface area contributed by atoms with Crippen molar-refractivity contribution in [2.45, 2.75) is 36.9 Å². The van der Waals surface area contributed by atoms with E-state index in [2.05, 4.69) is 0 Å². The number of halogens is 1. The van der Waals surface area contributed by atoms with Gasteiger partial charge < -0.3 is 5.73 Å². The van der Waals surface area contributed by atoms with Crippen molar-refractivity contribution in [2.75, 3.05) is 0 Å². The fourth-order valence-electron chi connectivity index (χ4n) is 1.35. The molecular formula is C13H18ClNOS. The van der Waals surface area contributed by atoms with Gasteiger partial charge in [0.2, 0.25) is 5.12 Å². The molecule has 0 heterocycles. The van der Waals surface area contributed by atoms with Crippen molar-refractivity contribution >= 4 is 28.5 Å². The van der Waals surface area contributed by atoms with E-state index >= 15 is 0 Å². The highest BCUT2D eigenvalue weighted by molar-refractivity contribution is 8.15. The van der Waals surface area contributed by atoms with E-state index < -0.39 is 11.4 Å². The molecule has 0 aromatic heterocycles. The van der Waals surface area contributed by atoms with Gasteiger partial charge in [-0.25, -0.2) is 0 Å². The molecule has 0 unspecified atom stereocenters. The summed E-state index contributed by atoms with van der Waals surface area (Å²) in [5, 5.41) is -0.767. The number of nitrogens with two attached hydrogens (primary N) is 1. The van der Waals surface area contributed by atoms with E-state index in [-0.39, 0.29) is 9.86 Å². The molecule has 1 aromatic rings. The molecular weight excluding hydrogens is 254 g/mol. The Bertz CT molecular complexity index is 375. The molecule has 0 spiro atoms. The van der Waals surface area contributed by atoms with E-state index in [1.807, 2.05) is 51.1 Å². The minimum absolute atomic E-state index is 0.0736. The molecule has 1 rings (SSSR count). The topological polar surface area (TPSA) is 43.1 Å². The smallest absolute Gasteiger partial charge is 0.209 e. The zero-order chi connectivity index (χ0) is 13.1. The van der Waals surface area contributed by atoms with Crippen molar-refractivity contribution in [2.24, 2.45) is 5.73 Å². The molecule has 0 saturated heterocycles. The third-order valence-corrected chi connectivity index (χ3v) is 3.80. The molecule has 0 bridgehead atoms. The van der Waals surface area contributed by atoms with Crippen molar-refractivity contribution in [3.05, 3.63) is 35.9 Å². The van der Waals surface area contributed by atoms with Gasteiger partial charge >= 0.3 is 0 Å². The first kappa shape index (κ1) is 14.6. The van der Waals surface area contributed by atoms with Gasteiger partial charge in [-0.15, -0.1) is 11.6 Å². The van der Waals surface area contributed by atoms with Crippen LogP contribution in [0, 0.1) is 0 Å². The predicted octanol–water partition coefficient (Wildman–Crippen LogP) is 3.35. The highest BCUT2D eigenvalue weighted by Crippen LogP contribution is 2.30. The van der Waals surface area contributed by atoms with Crippen LogP contribution in [0.5, 0.6) is 0 Å². The lowest BCUT2D eigenvalue weighted by atomic mass is 10.1. The maximum atomic E-state index is 11.9. The summed E-state index contributed by atoms with van der Waals surface area (Å²) in [5.41, 5.74) is 6.88. The average molecular weight is 272 g/mol. The minimum atomic E-state index is -0.693. The fraction of sp³-hybridized carbons (Fsp3) is 0.462. The SMILES string of the molecule is CC(C)(C)SC(=O)[C@H](Cl)[C@@H](N)c1ccccc1. The summed E-state index contributed by atoms with van der Waals surface area (Å²) >= 11 is 7.36. The molecule has 0 aliphatic rings. The summed E-state index contributed by atoms with van der Waals surface area (Å²) in [6.45, 7) is 5.94. The van der Waals surface area contributed by atoms with Crippen LogP contribution in [-0.4, -0.2) is 15.2 Å². The lowest BCUT2D eigenvalue weighted by Gasteiger charge is -2.21. The molecule has 1 aromatic carbocycles. The zero-order valence-electron chi connectivity index (χ0n) is 10.3. The third-order valence-electron chi connectivity index (χ3n) is 2.13. The van der Waals surface area contributed by atoms with Crippen LogP contribution in [0.25, 0.3) is 0 Å². The molecule has 0 saturated carbocycles. The van der Waals surface area contributed by atoms with Gasteiger partial charge in [0.15, 0.2) is 0 Å². The van der Waals surface area contributed by atoms with E-state index in [1.165, 1.54) is 11.8 Å². The first-order valence-corrected chi connectivity index (χ1v) is 6.74. The number of thioether (sulfide) groups is 1. The number of carbonyl (C=O) groups is 1. The molecule has 0 radical (unpaired) electrons. The van der Waals surface area contributed by atoms with Gasteiger partial charge in [-0.1, -0.05) is 62.9 Å². The molecule has 0 aliphatic heterocycles. The van der Waals surface area contributed by atoms with Crippen LogP contribution in [-0.2, 0) is 4.79 Å². The summed E-state index contributed by atoms with van der Waals surface area (Å²) in [6.07, 6.45) is 0. The van der Waals surface area contributed by atoms with Crippen molar-refractivity contribution in [3.8, 4) is 0 Å². The number of carbonyl (C=O) groups excluding carboxylic acids is 1. The maximum Gasteiger partial charge on any atom is 0.209 e. The van der Waals surface area contributed by atoms with Crippen LogP contribution in [0.15, 0.2) is 30.3 Å². The number of hydrogen-bond acceptors (Lipinski definition) is 3. The summed E-state index contributed by atoms with van der Waals surface area (Å²) in [6, 6.07) is 9.00. The molecule has 94 valence electrons. The highest BCUT2D eigenvalue weighted by atomic mass is 35.5. The molecule has 0 amide bonds. The summed E-state index contributed by atoms with van der Waals surface area (Å²) in [5.74, 6) is 0. The average Bonchev–Trinajstić information content (AvgIpc) is 2.26. The standard InChI is InChI=1S/C13H18ClNOS/c1-13(2,3)17-12(16)10(14)11(15)9-7-5-4-6-8-9/h4-8,10-11H,15H2,1-3H3/t10-,11+/m1/s1. The monoisotopic (exact) mass is 271 g/mol. The van der Waals surface area contributed by atoms with Gasteiger partial charge in [-0.3, -0.25) is 4.79 Å². The normalized spacial score (nSPS) is 15.4. The van der Waals surface area contributed by atoms with Crippen molar-refractivity contribution in [1.29, 1.82) is 0 Å². The summed E-state index contributed by atoms with van der Waals surface area (Å²) in [7, 11) is 0. The van der Waals surface area contributed by atoms with E-state index in [4.69, 9.17) is 17.3 Å². The Morgan fingerprint density at radius 1 is 1.29 bits per heavy atom. The van der Waals surface area contributed by atoms with Crippen LogP contribution >= 0.6 is 23.4 Å². The van der Waals surface area contributed by atoms with Crippen molar-refractivity contribution in [3.63, 3.8) is 0 Å².